The van der Waals surface area contributed by atoms with Crippen molar-refractivity contribution in [2.75, 3.05) is 13.2 Å². The Morgan fingerprint density at radius 2 is 1.06 bits per heavy atom. The fourth-order valence-corrected chi connectivity index (χ4v) is 3.65. The van der Waals surface area contributed by atoms with Gasteiger partial charge in [0.05, 0.1) is 11.0 Å². The summed E-state index contributed by atoms with van der Waals surface area (Å²) in [6.07, 6.45) is -1.07. The summed E-state index contributed by atoms with van der Waals surface area (Å²) >= 11 is 0. The molecule has 2 aromatic heterocycles. The van der Waals surface area contributed by atoms with Crippen molar-refractivity contribution >= 4 is 33.7 Å². The van der Waals surface area contributed by atoms with E-state index >= 15 is 0 Å². The molecule has 1 aliphatic heterocycles. The molecule has 1 aliphatic rings. The molecule has 0 saturated carbocycles. The van der Waals surface area contributed by atoms with Crippen LogP contribution in [0.15, 0.2) is 60.7 Å². The van der Waals surface area contributed by atoms with Crippen molar-refractivity contribution in [2.24, 2.45) is 0 Å². The Bertz CT molecular complexity index is 1300. The number of aromatic nitrogens is 2. The predicted octanol–water partition coefficient (Wildman–Crippen LogP) is 4.35. The number of fused-ring (bicyclic) bond motifs is 3. The van der Waals surface area contributed by atoms with Gasteiger partial charge in [0.25, 0.3) is 0 Å². The number of esters is 2. The number of pyridine rings is 2. The molecule has 0 saturated heterocycles. The van der Waals surface area contributed by atoms with E-state index in [2.05, 4.69) is 9.97 Å². The first-order valence-electron chi connectivity index (χ1n) is 10.9. The van der Waals surface area contributed by atoms with Gasteiger partial charge in [-0.2, -0.15) is 0 Å². The first-order chi connectivity index (χ1) is 16.5. The minimum absolute atomic E-state index is 0.123. The summed E-state index contributed by atoms with van der Waals surface area (Å²) in [6.45, 7) is 3.73. The molecule has 3 heterocycles. The first kappa shape index (κ1) is 21.6. The van der Waals surface area contributed by atoms with E-state index in [1.54, 1.807) is 50.2 Å². The third kappa shape index (κ3) is 4.34. The molecule has 0 aliphatic carbocycles. The molecule has 5 rings (SSSR count). The van der Waals surface area contributed by atoms with Crippen LogP contribution in [0.4, 0.5) is 0 Å². The van der Waals surface area contributed by atoms with E-state index in [4.69, 9.17) is 18.9 Å². The summed E-state index contributed by atoms with van der Waals surface area (Å²) in [4.78, 5) is 34.6. The van der Waals surface area contributed by atoms with E-state index in [0.29, 0.717) is 22.5 Å². The summed E-state index contributed by atoms with van der Waals surface area (Å²) in [7, 11) is 0. The van der Waals surface area contributed by atoms with Crippen molar-refractivity contribution < 1.29 is 28.5 Å². The van der Waals surface area contributed by atoms with Gasteiger partial charge in [0.15, 0.2) is 11.5 Å². The highest BCUT2D eigenvalue weighted by molar-refractivity contribution is 6.05. The summed E-state index contributed by atoms with van der Waals surface area (Å²) in [5.74, 6) is -0.175. The fourth-order valence-electron chi connectivity index (χ4n) is 3.65. The zero-order valence-corrected chi connectivity index (χ0v) is 18.7. The molecule has 4 aromatic rings. The van der Waals surface area contributed by atoms with Crippen molar-refractivity contribution in [1.29, 1.82) is 0 Å². The quantitative estimate of drug-likeness (QED) is 0.284. The van der Waals surface area contributed by atoms with Crippen LogP contribution in [0.5, 0.6) is 11.5 Å². The number of carbonyl (C=O) groups is 2. The largest absolute Gasteiger partial charge is 0.486 e. The number of para-hydroxylation sites is 2. The Labute approximate surface area is 195 Å². The molecule has 8 heteroatoms. The third-order valence-corrected chi connectivity index (χ3v) is 5.35. The smallest absolute Gasteiger partial charge is 0.357 e. The van der Waals surface area contributed by atoms with Crippen LogP contribution in [0.2, 0.25) is 0 Å². The van der Waals surface area contributed by atoms with Crippen molar-refractivity contribution in [3.63, 3.8) is 0 Å². The second-order valence-electron chi connectivity index (χ2n) is 8.10. The Hall–Kier alpha value is -4.20. The van der Waals surface area contributed by atoms with E-state index in [9.17, 15) is 9.59 Å². The molecule has 0 radical (unpaired) electrons. The summed E-state index contributed by atoms with van der Waals surface area (Å²) in [5, 5.41) is 1.57. The molecule has 8 nitrogen and oxygen atoms in total. The Morgan fingerprint density at radius 3 is 1.50 bits per heavy atom. The van der Waals surface area contributed by atoms with Crippen molar-refractivity contribution in [1.82, 2.24) is 9.97 Å². The average molecular weight is 458 g/mol. The Kier molecular flexibility index (Phi) is 5.71. The minimum atomic E-state index is -0.579. The summed E-state index contributed by atoms with van der Waals surface area (Å²) < 4.78 is 22.8. The molecule has 0 spiro atoms. The molecule has 0 N–H and O–H groups in total. The number of nitrogens with zero attached hydrogens (tertiary/aromatic N) is 2. The molecule has 0 fully saturated rings. The molecule has 0 unspecified atom stereocenters. The number of benzene rings is 2. The molecule has 172 valence electrons. The van der Waals surface area contributed by atoms with Crippen LogP contribution in [-0.2, 0) is 9.47 Å². The molecular weight excluding hydrogens is 436 g/mol. The van der Waals surface area contributed by atoms with Gasteiger partial charge < -0.3 is 18.9 Å². The molecule has 2 aromatic carbocycles. The van der Waals surface area contributed by atoms with Crippen LogP contribution in [0.25, 0.3) is 21.8 Å². The Balaban J connectivity index is 1.57. The van der Waals surface area contributed by atoms with Crippen LogP contribution in [0, 0.1) is 0 Å². The van der Waals surface area contributed by atoms with Gasteiger partial charge in [0, 0.05) is 10.8 Å². The highest BCUT2D eigenvalue weighted by Gasteiger charge is 2.19. The lowest BCUT2D eigenvalue weighted by molar-refractivity contribution is 0.0185. The Morgan fingerprint density at radius 1 is 0.647 bits per heavy atom. The highest BCUT2D eigenvalue weighted by Crippen LogP contribution is 2.28. The normalized spacial score (nSPS) is 19.1. The number of cyclic esters (lactones) is 2. The highest BCUT2D eigenvalue weighted by atomic mass is 16.6. The number of ether oxygens (including phenoxy) is 4. The monoisotopic (exact) mass is 458 g/mol. The van der Waals surface area contributed by atoms with Crippen LogP contribution < -0.4 is 9.47 Å². The molecule has 4 bridgehead atoms. The molecule has 34 heavy (non-hydrogen) atoms. The maximum Gasteiger partial charge on any atom is 0.357 e. The zero-order chi connectivity index (χ0) is 23.7. The van der Waals surface area contributed by atoms with Crippen LogP contribution >= 0.6 is 0 Å². The van der Waals surface area contributed by atoms with E-state index in [1.807, 2.05) is 24.3 Å². The van der Waals surface area contributed by atoms with E-state index in [-0.39, 0.29) is 24.6 Å². The van der Waals surface area contributed by atoms with Gasteiger partial charge in [-0.1, -0.05) is 36.4 Å². The predicted molar refractivity (Wildman–Crippen MR) is 124 cm³/mol. The number of carbonyl (C=O) groups excluding carboxylic acids is 2. The first-order valence-corrected chi connectivity index (χ1v) is 10.9. The lowest BCUT2D eigenvalue weighted by Crippen LogP contribution is -2.24. The van der Waals surface area contributed by atoms with Gasteiger partial charge in [-0.25, -0.2) is 19.6 Å². The van der Waals surface area contributed by atoms with Crippen molar-refractivity contribution in [3.05, 3.63) is 72.1 Å². The van der Waals surface area contributed by atoms with Gasteiger partial charge in [-0.05, 0) is 38.1 Å². The third-order valence-electron chi connectivity index (χ3n) is 5.35. The lowest BCUT2D eigenvalue weighted by Gasteiger charge is -2.18. The maximum absolute atomic E-state index is 12.8. The topological polar surface area (TPSA) is 96.8 Å². The molecular formula is C26H22N2O6. The van der Waals surface area contributed by atoms with Crippen LogP contribution in [0.1, 0.15) is 34.8 Å². The van der Waals surface area contributed by atoms with E-state index in [0.717, 1.165) is 10.8 Å². The van der Waals surface area contributed by atoms with Gasteiger partial charge in [0.2, 0.25) is 0 Å². The average Bonchev–Trinajstić information content (AvgIpc) is 2.85. The van der Waals surface area contributed by atoms with Crippen molar-refractivity contribution in [2.45, 2.75) is 26.1 Å². The summed E-state index contributed by atoms with van der Waals surface area (Å²) in [5.41, 5.74) is 1.27. The number of hydrogen-bond acceptors (Lipinski definition) is 8. The second kappa shape index (κ2) is 8.97. The number of rotatable bonds is 0. The summed E-state index contributed by atoms with van der Waals surface area (Å²) in [6, 6.07) is 17.7. The second-order valence-corrected chi connectivity index (χ2v) is 8.10. The van der Waals surface area contributed by atoms with Gasteiger partial charge in [-0.3, -0.25) is 0 Å². The van der Waals surface area contributed by atoms with Crippen LogP contribution in [0.3, 0.4) is 0 Å². The zero-order valence-electron chi connectivity index (χ0n) is 18.7. The molecule has 2 atom stereocenters. The maximum atomic E-state index is 12.8. The van der Waals surface area contributed by atoms with Gasteiger partial charge in [-0.15, -0.1) is 0 Å². The lowest BCUT2D eigenvalue weighted by atomic mass is 10.1. The molecule has 0 amide bonds. The fraction of sp³-hybridized carbons (Fsp3) is 0.231. The standard InChI is InChI=1S/C26H22N2O6/c1-15-13-31-21-5-3-4-6-22(21)32-14-16(2)34-26(30)20-12-10-18-8-7-17-9-11-19(25(29)33-15)27-23(17)24(18)28-20/h3-12,15-16H,13-14H2,1-2H3/t15-,16-/m0/s1. The van der Waals surface area contributed by atoms with Crippen molar-refractivity contribution in [3.8, 4) is 11.5 Å². The number of hydrogen-bond donors (Lipinski definition) is 0. The van der Waals surface area contributed by atoms with Gasteiger partial charge >= 0.3 is 11.9 Å². The van der Waals surface area contributed by atoms with Crippen LogP contribution in [-0.4, -0.2) is 47.3 Å². The SMILES string of the molecule is C[C@H]1COc2ccccc2OC[C@H](C)OC(=O)c2ccc3ccc4ccc(nc4c3n2)C(=O)O1. The minimum Gasteiger partial charge on any atom is -0.486 e. The van der Waals surface area contributed by atoms with E-state index < -0.39 is 24.1 Å². The van der Waals surface area contributed by atoms with Gasteiger partial charge in [0.1, 0.15) is 36.8 Å². The van der Waals surface area contributed by atoms with E-state index in [1.165, 1.54) is 0 Å².